The topological polar surface area (TPSA) is 88.4 Å². The van der Waals surface area contributed by atoms with Crippen LogP contribution in [0.1, 0.15) is 22.9 Å². The maximum atomic E-state index is 9.35. The number of thiazole rings is 1. The van der Waals surface area contributed by atoms with Gasteiger partial charge in [-0.25, -0.2) is 4.98 Å². The predicted molar refractivity (Wildman–Crippen MR) is 107 cm³/mol. The first kappa shape index (κ1) is 18.2. The molecule has 0 N–H and O–H groups in total. The van der Waals surface area contributed by atoms with Crippen LogP contribution in [0.5, 0.6) is 0 Å². The average molecular weight is 399 g/mol. The van der Waals surface area contributed by atoms with Crippen LogP contribution >= 0.6 is 34.0 Å². The summed E-state index contributed by atoms with van der Waals surface area (Å²) in [5.41, 5.74) is 1.85. The maximum absolute atomic E-state index is 9.35. The first-order valence-electron chi connectivity index (χ1n) is 7.70. The molecule has 0 saturated heterocycles. The first-order valence-corrected chi connectivity index (χ1v) is 10.2. The van der Waals surface area contributed by atoms with Crippen molar-refractivity contribution in [3.63, 3.8) is 0 Å². The van der Waals surface area contributed by atoms with Gasteiger partial charge in [0.15, 0.2) is 15.1 Å². The molecule has 0 aromatic carbocycles. The third-order valence-electron chi connectivity index (χ3n) is 3.73. The van der Waals surface area contributed by atoms with Gasteiger partial charge in [-0.2, -0.15) is 10.5 Å². The second-order valence-corrected chi connectivity index (χ2v) is 8.20. The number of rotatable bonds is 5. The molecule has 26 heavy (non-hydrogen) atoms. The highest BCUT2D eigenvalue weighted by atomic mass is 32.1. The lowest BCUT2D eigenvalue weighted by atomic mass is 10.2. The molecule has 0 fully saturated rings. The van der Waals surface area contributed by atoms with Gasteiger partial charge in [0.2, 0.25) is 0 Å². The van der Waals surface area contributed by atoms with Gasteiger partial charge in [-0.1, -0.05) is 17.4 Å². The number of hydrogen-bond donors (Lipinski definition) is 0. The molecule has 3 rings (SSSR count). The van der Waals surface area contributed by atoms with Crippen molar-refractivity contribution < 1.29 is 0 Å². The van der Waals surface area contributed by atoms with Gasteiger partial charge in [0.25, 0.3) is 0 Å². The van der Waals surface area contributed by atoms with Gasteiger partial charge in [0.05, 0.1) is 10.4 Å². The van der Waals surface area contributed by atoms with E-state index in [0.717, 1.165) is 22.2 Å². The lowest BCUT2D eigenvalue weighted by Crippen LogP contribution is -2.15. The second-order valence-electron chi connectivity index (χ2n) is 5.30. The quantitative estimate of drug-likeness (QED) is 0.504. The van der Waals surface area contributed by atoms with E-state index in [1.54, 1.807) is 18.3 Å². The van der Waals surface area contributed by atoms with Crippen LogP contribution in [0, 0.1) is 29.6 Å². The highest BCUT2D eigenvalue weighted by molar-refractivity contribution is 7.20. The molecular weight excluding hydrogens is 384 g/mol. The highest BCUT2D eigenvalue weighted by Gasteiger charge is 2.18. The van der Waals surface area contributed by atoms with Crippen LogP contribution in [0.25, 0.3) is 10.6 Å². The Kier molecular flexibility index (Phi) is 5.43. The van der Waals surface area contributed by atoms with E-state index in [0.29, 0.717) is 26.0 Å². The van der Waals surface area contributed by atoms with E-state index in [1.165, 1.54) is 22.7 Å². The van der Waals surface area contributed by atoms with Gasteiger partial charge in [0, 0.05) is 13.6 Å². The third kappa shape index (κ3) is 3.37. The molecule has 0 radical (unpaired) electrons. The molecule has 3 aromatic rings. The van der Waals surface area contributed by atoms with Gasteiger partial charge in [-0.3, -0.25) is 0 Å². The largest absolute Gasteiger partial charge is 0.351 e. The molecule has 0 aliphatic heterocycles. The summed E-state index contributed by atoms with van der Waals surface area (Å²) < 4.78 is 0. The van der Waals surface area contributed by atoms with Crippen LogP contribution in [0.4, 0.5) is 15.1 Å². The molecule has 6 nitrogen and oxygen atoms in total. The Morgan fingerprint density at radius 2 is 1.96 bits per heavy atom. The smallest absolute Gasteiger partial charge is 0.187 e. The lowest BCUT2D eigenvalue weighted by molar-refractivity contribution is 0.959. The molecule has 0 saturated carbocycles. The number of thiophene rings is 2. The summed E-state index contributed by atoms with van der Waals surface area (Å²) in [6, 6.07) is 8.19. The molecule has 130 valence electrons. The van der Waals surface area contributed by atoms with E-state index in [-0.39, 0.29) is 0 Å². The Morgan fingerprint density at radius 3 is 2.58 bits per heavy atom. The first-order chi connectivity index (χ1) is 12.6. The summed E-state index contributed by atoms with van der Waals surface area (Å²) in [6.07, 6.45) is 0. The molecule has 0 bridgehead atoms. The van der Waals surface area contributed by atoms with Crippen LogP contribution in [-0.4, -0.2) is 18.6 Å². The summed E-state index contributed by atoms with van der Waals surface area (Å²) in [7, 11) is 1.98. The van der Waals surface area contributed by atoms with Crippen LogP contribution in [0.2, 0.25) is 0 Å². The summed E-state index contributed by atoms with van der Waals surface area (Å²) >= 11 is 4.23. The van der Waals surface area contributed by atoms with Crippen LogP contribution in [0.15, 0.2) is 27.7 Å². The van der Waals surface area contributed by atoms with Gasteiger partial charge in [-0.15, -0.1) is 32.9 Å². The van der Waals surface area contributed by atoms with Crippen LogP contribution < -0.4 is 4.90 Å². The number of anilines is 1. The van der Waals surface area contributed by atoms with Crippen molar-refractivity contribution in [1.82, 2.24) is 4.98 Å². The summed E-state index contributed by atoms with van der Waals surface area (Å²) in [5, 5.41) is 31.2. The minimum Gasteiger partial charge on any atom is -0.351 e. The minimum atomic E-state index is 0.406. The van der Waals surface area contributed by atoms with Crippen LogP contribution in [0.3, 0.4) is 0 Å². The summed E-state index contributed by atoms with van der Waals surface area (Å²) in [5.74, 6) is 0. The Bertz CT molecular complexity index is 1030. The lowest BCUT2D eigenvalue weighted by Gasteiger charge is -2.10. The number of nitrogens with zero attached hydrogens (tertiary/aromatic N) is 6. The monoisotopic (exact) mass is 398 g/mol. The predicted octanol–water partition coefficient (Wildman–Crippen LogP) is 5.86. The average Bonchev–Trinajstić information content (AvgIpc) is 3.37. The van der Waals surface area contributed by atoms with E-state index in [1.807, 2.05) is 29.5 Å². The third-order valence-corrected chi connectivity index (χ3v) is 6.74. The Hall–Kier alpha value is -2.59. The minimum absolute atomic E-state index is 0.406. The standard InChI is InChI=1S/C17H14N6S3/c1-4-23(3)17-20-14(12-6-5-7-24-12)16(26-17)22-21-15-11(8-18)10(2)13(9-19)25-15/h5-7H,4H2,1-3H3. The summed E-state index contributed by atoms with van der Waals surface area (Å²) in [4.78, 5) is 8.26. The van der Waals surface area contributed by atoms with Crippen molar-refractivity contribution in [2.75, 3.05) is 18.5 Å². The van der Waals surface area contributed by atoms with E-state index >= 15 is 0 Å². The highest BCUT2D eigenvalue weighted by Crippen LogP contribution is 2.43. The normalized spacial score (nSPS) is 10.8. The van der Waals surface area contributed by atoms with E-state index < -0.39 is 0 Å². The van der Waals surface area contributed by atoms with Crippen molar-refractivity contribution in [1.29, 1.82) is 10.5 Å². The molecule has 0 atom stereocenters. The Labute approximate surface area is 163 Å². The zero-order chi connectivity index (χ0) is 18.7. The number of aromatic nitrogens is 1. The zero-order valence-electron chi connectivity index (χ0n) is 14.3. The van der Waals surface area contributed by atoms with Crippen molar-refractivity contribution in [3.05, 3.63) is 33.5 Å². The number of nitriles is 2. The Balaban J connectivity index is 2.05. The molecule has 0 unspecified atom stereocenters. The van der Waals surface area contributed by atoms with Crippen molar-refractivity contribution in [2.45, 2.75) is 13.8 Å². The molecular formula is C17H14N6S3. The number of hydrogen-bond acceptors (Lipinski definition) is 9. The fourth-order valence-corrected chi connectivity index (χ4v) is 4.72. The molecule has 0 amide bonds. The van der Waals surface area contributed by atoms with Crippen molar-refractivity contribution >= 4 is 49.1 Å². The van der Waals surface area contributed by atoms with Crippen LogP contribution in [-0.2, 0) is 0 Å². The fraction of sp³-hybridized carbons (Fsp3) is 0.235. The molecule has 3 aromatic heterocycles. The van der Waals surface area contributed by atoms with Crippen molar-refractivity contribution in [3.8, 4) is 22.7 Å². The van der Waals surface area contributed by atoms with Gasteiger partial charge in [-0.05, 0) is 30.9 Å². The number of azo groups is 1. The second kappa shape index (κ2) is 7.75. The molecule has 0 spiro atoms. The molecule has 0 aliphatic rings. The molecule has 3 heterocycles. The zero-order valence-corrected chi connectivity index (χ0v) is 16.8. The SMILES string of the molecule is CCN(C)c1nc(-c2cccs2)c(N=Nc2sc(C#N)c(C)c2C#N)s1. The van der Waals surface area contributed by atoms with Crippen molar-refractivity contribution in [2.24, 2.45) is 10.2 Å². The van der Waals surface area contributed by atoms with Gasteiger partial charge >= 0.3 is 0 Å². The molecule has 0 aliphatic carbocycles. The van der Waals surface area contributed by atoms with E-state index in [4.69, 9.17) is 10.2 Å². The Morgan fingerprint density at radius 1 is 1.19 bits per heavy atom. The maximum Gasteiger partial charge on any atom is 0.187 e. The van der Waals surface area contributed by atoms with E-state index in [9.17, 15) is 5.26 Å². The summed E-state index contributed by atoms with van der Waals surface area (Å²) in [6.45, 7) is 4.65. The van der Waals surface area contributed by atoms with Gasteiger partial charge in [0.1, 0.15) is 22.7 Å². The molecule has 9 heteroatoms. The fourth-order valence-electron chi connectivity index (χ4n) is 2.14. The van der Waals surface area contributed by atoms with E-state index in [2.05, 4.69) is 29.3 Å². The van der Waals surface area contributed by atoms with Gasteiger partial charge < -0.3 is 4.90 Å².